The first-order valence-corrected chi connectivity index (χ1v) is 7.37. The zero-order valence-corrected chi connectivity index (χ0v) is 11.1. The van der Waals surface area contributed by atoms with Gasteiger partial charge in [0.05, 0.1) is 0 Å². The fraction of sp³-hybridized carbons (Fsp3) is 0.625. The maximum Gasteiger partial charge on any atom is 0.0236 e. The Morgan fingerprint density at radius 2 is 1.67 bits per heavy atom. The van der Waals surface area contributed by atoms with Crippen LogP contribution in [0.2, 0.25) is 0 Å². The Balaban J connectivity index is 1.58. The number of benzene rings is 1. The predicted molar refractivity (Wildman–Crippen MR) is 75.4 cm³/mol. The fourth-order valence-corrected chi connectivity index (χ4v) is 2.63. The average Bonchev–Trinajstić information content (AvgIpc) is 3.25. The Labute approximate surface area is 110 Å². The van der Waals surface area contributed by atoms with Crippen LogP contribution in [0, 0.1) is 5.92 Å². The monoisotopic (exact) mass is 244 g/mol. The molecule has 0 atom stereocenters. The van der Waals surface area contributed by atoms with Crippen molar-refractivity contribution in [3.05, 3.63) is 35.4 Å². The summed E-state index contributed by atoms with van der Waals surface area (Å²) in [5, 5.41) is 0. The van der Waals surface area contributed by atoms with Crippen LogP contribution in [0.1, 0.15) is 36.8 Å². The number of hydrogen-bond donors (Lipinski definition) is 1. The Hall–Kier alpha value is -0.860. The second-order valence-corrected chi connectivity index (χ2v) is 5.96. The predicted octanol–water partition coefficient (Wildman–Crippen LogP) is 2.56. The van der Waals surface area contributed by atoms with Crippen LogP contribution in [-0.4, -0.2) is 24.0 Å². The molecule has 0 heterocycles. The maximum atomic E-state index is 5.58. The molecular weight excluding hydrogens is 220 g/mol. The van der Waals surface area contributed by atoms with E-state index in [0.29, 0.717) is 0 Å². The third-order valence-corrected chi connectivity index (χ3v) is 4.09. The Kier molecular flexibility index (Phi) is 3.67. The van der Waals surface area contributed by atoms with Crippen LogP contribution in [0.4, 0.5) is 0 Å². The summed E-state index contributed by atoms with van der Waals surface area (Å²) in [6.07, 6.45) is 6.74. The first kappa shape index (κ1) is 12.2. The molecule has 0 saturated heterocycles. The second kappa shape index (κ2) is 5.41. The van der Waals surface area contributed by atoms with Crippen molar-refractivity contribution < 1.29 is 0 Å². The molecule has 2 nitrogen and oxygen atoms in total. The molecule has 2 aliphatic carbocycles. The summed E-state index contributed by atoms with van der Waals surface area (Å²) in [5.41, 5.74) is 8.40. The van der Waals surface area contributed by atoms with Crippen LogP contribution in [0.15, 0.2) is 24.3 Å². The summed E-state index contributed by atoms with van der Waals surface area (Å²) in [6.45, 7) is 3.22. The van der Waals surface area contributed by atoms with E-state index in [1.54, 1.807) is 0 Å². The summed E-state index contributed by atoms with van der Waals surface area (Å²) >= 11 is 0. The highest BCUT2D eigenvalue weighted by atomic mass is 15.2. The molecule has 2 saturated carbocycles. The molecule has 0 spiro atoms. The van der Waals surface area contributed by atoms with Gasteiger partial charge in [0.1, 0.15) is 0 Å². The second-order valence-electron chi connectivity index (χ2n) is 5.96. The molecule has 2 fully saturated rings. The molecule has 1 aromatic carbocycles. The average molecular weight is 244 g/mol. The largest absolute Gasteiger partial charge is 0.330 e. The lowest BCUT2D eigenvalue weighted by Crippen LogP contribution is -2.27. The van der Waals surface area contributed by atoms with Gasteiger partial charge in [-0.25, -0.2) is 0 Å². The van der Waals surface area contributed by atoms with Crippen molar-refractivity contribution in [2.45, 2.75) is 44.7 Å². The molecule has 0 radical (unpaired) electrons. The van der Waals surface area contributed by atoms with E-state index in [-0.39, 0.29) is 0 Å². The summed E-state index contributed by atoms with van der Waals surface area (Å²) in [4.78, 5) is 2.70. The van der Waals surface area contributed by atoms with Crippen LogP contribution < -0.4 is 5.73 Å². The zero-order chi connectivity index (χ0) is 12.4. The normalized spacial score (nSPS) is 19.4. The summed E-state index contributed by atoms with van der Waals surface area (Å²) < 4.78 is 0. The van der Waals surface area contributed by atoms with Gasteiger partial charge in [-0.05, 0) is 55.7 Å². The van der Waals surface area contributed by atoms with Gasteiger partial charge in [-0.3, -0.25) is 4.90 Å². The van der Waals surface area contributed by atoms with E-state index in [9.17, 15) is 0 Å². The Bertz CT molecular complexity index is 377. The summed E-state index contributed by atoms with van der Waals surface area (Å²) in [5.74, 6) is 1.00. The van der Waals surface area contributed by atoms with Gasteiger partial charge in [0.25, 0.3) is 0 Å². The van der Waals surface area contributed by atoms with Crippen LogP contribution in [0.5, 0.6) is 0 Å². The standard InChI is InChI=1S/C16H24N2/c17-10-9-13-1-3-14(4-2-13)11-18(16-7-8-16)12-15-5-6-15/h1-4,15-16H,5-12,17H2. The van der Waals surface area contributed by atoms with Crippen LogP contribution in [-0.2, 0) is 13.0 Å². The first-order valence-electron chi connectivity index (χ1n) is 7.37. The lowest BCUT2D eigenvalue weighted by Gasteiger charge is -2.22. The van der Waals surface area contributed by atoms with E-state index in [1.807, 2.05) is 0 Å². The molecular formula is C16H24N2. The van der Waals surface area contributed by atoms with Crippen molar-refractivity contribution in [3.63, 3.8) is 0 Å². The van der Waals surface area contributed by atoms with Crippen molar-refractivity contribution in [1.82, 2.24) is 4.90 Å². The van der Waals surface area contributed by atoms with Gasteiger partial charge in [0.2, 0.25) is 0 Å². The molecule has 0 aliphatic heterocycles. The fourth-order valence-electron chi connectivity index (χ4n) is 2.63. The topological polar surface area (TPSA) is 29.3 Å². The van der Waals surface area contributed by atoms with Crippen molar-refractivity contribution in [2.24, 2.45) is 11.7 Å². The van der Waals surface area contributed by atoms with Crippen molar-refractivity contribution in [2.75, 3.05) is 13.1 Å². The SMILES string of the molecule is NCCc1ccc(CN(CC2CC2)C2CC2)cc1. The van der Waals surface area contributed by atoms with Crippen LogP contribution in [0.25, 0.3) is 0 Å². The third-order valence-electron chi connectivity index (χ3n) is 4.09. The van der Waals surface area contributed by atoms with Gasteiger partial charge < -0.3 is 5.73 Å². The molecule has 2 heteroatoms. The van der Waals surface area contributed by atoms with E-state index in [2.05, 4.69) is 29.2 Å². The van der Waals surface area contributed by atoms with Crippen LogP contribution >= 0.6 is 0 Å². The third kappa shape index (κ3) is 3.33. The quantitative estimate of drug-likeness (QED) is 0.798. The zero-order valence-electron chi connectivity index (χ0n) is 11.1. The Morgan fingerprint density at radius 1 is 1.00 bits per heavy atom. The molecule has 0 amide bonds. The van der Waals surface area contributed by atoms with Crippen molar-refractivity contribution >= 4 is 0 Å². The van der Waals surface area contributed by atoms with Gasteiger partial charge in [-0.2, -0.15) is 0 Å². The summed E-state index contributed by atoms with van der Waals surface area (Å²) in [7, 11) is 0. The van der Waals surface area contributed by atoms with E-state index in [4.69, 9.17) is 5.73 Å². The molecule has 1 aromatic rings. The van der Waals surface area contributed by atoms with Crippen molar-refractivity contribution in [1.29, 1.82) is 0 Å². The van der Waals surface area contributed by atoms with E-state index < -0.39 is 0 Å². The highest BCUT2D eigenvalue weighted by Gasteiger charge is 2.33. The number of hydrogen-bond acceptors (Lipinski definition) is 2. The highest BCUT2D eigenvalue weighted by Crippen LogP contribution is 2.35. The number of nitrogens with two attached hydrogens (primary N) is 1. The summed E-state index contributed by atoms with van der Waals surface area (Å²) in [6, 6.07) is 9.93. The smallest absolute Gasteiger partial charge is 0.0236 e. The van der Waals surface area contributed by atoms with E-state index in [1.165, 1.54) is 43.4 Å². The maximum absolute atomic E-state index is 5.58. The minimum atomic E-state index is 0.745. The minimum Gasteiger partial charge on any atom is -0.330 e. The lowest BCUT2D eigenvalue weighted by atomic mass is 10.1. The molecule has 0 bridgehead atoms. The Morgan fingerprint density at radius 3 is 2.22 bits per heavy atom. The first-order chi connectivity index (χ1) is 8.85. The van der Waals surface area contributed by atoms with Gasteiger partial charge in [0.15, 0.2) is 0 Å². The molecule has 2 aliphatic rings. The molecule has 98 valence electrons. The van der Waals surface area contributed by atoms with Crippen molar-refractivity contribution in [3.8, 4) is 0 Å². The molecule has 3 rings (SSSR count). The van der Waals surface area contributed by atoms with Crippen LogP contribution in [0.3, 0.4) is 0 Å². The van der Waals surface area contributed by atoms with Gasteiger partial charge in [0, 0.05) is 19.1 Å². The molecule has 0 aromatic heterocycles. The minimum absolute atomic E-state index is 0.745. The molecule has 0 unspecified atom stereocenters. The number of nitrogens with zero attached hydrogens (tertiary/aromatic N) is 1. The van der Waals surface area contributed by atoms with Gasteiger partial charge in [-0.1, -0.05) is 24.3 Å². The molecule has 2 N–H and O–H groups in total. The van der Waals surface area contributed by atoms with E-state index in [0.717, 1.165) is 31.5 Å². The highest BCUT2D eigenvalue weighted by molar-refractivity contribution is 5.23. The van der Waals surface area contributed by atoms with Gasteiger partial charge >= 0.3 is 0 Å². The lowest BCUT2D eigenvalue weighted by molar-refractivity contribution is 0.244. The number of rotatable bonds is 7. The van der Waals surface area contributed by atoms with Gasteiger partial charge in [-0.15, -0.1) is 0 Å². The molecule has 18 heavy (non-hydrogen) atoms. The van der Waals surface area contributed by atoms with E-state index >= 15 is 0 Å².